The van der Waals surface area contributed by atoms with Crippen LogP contribution in [-0.2, 0) is 5.41 Å². The maximum absolute atomic E-state index is 10.9. The molecule has 0 atom stereocenters. The predicted octanol–water partition coefficient (Wildman–Crippen LogP) is 9.47. The van der Waals surface area contributed by atoms with Gasteiger partial charge in [0, 0.05) is 34.8 Å². The number of fused-ring (bicyclic) bond motifs is 6. The molecule has 0 aliphatic rings. The summed E-state index contributed by atoms with van der Waals surface area (Å²) in [5.74, 6) is 1.31. The van der Waals surface area contributed by atoms with E-state index < -0.39 is 0 Å². The van der Waals surface area contributed by atoms with E-state index in [0.29, 0.717) is 22.5 Å². The Morgan fingerprint density at radius 3 is 2.27 bits per heavy atom. The second-order valence-electron chi connectivity index (χ2n) is 12.2. The number of hydrogen-bond donors (Lipinski definition) is 1. The fourth-order valence-corrected chi connectivity index (χ4v) is 6.18. The van der Waals surface area contributed by atoms with E-state index in [0.717, 1.165) is 49.9 Å². The number of nitrogens with zero attached hydrogens (tertiary/aromatic N) is 4. The van der Waals surface area contributed by atoms with Crippen molar-refractivity contribution in [3.63, 3.8) is 0 Å². The van der Waals surface area contributed by atoms with Crippen molar-refractivity contribution in [2.45, 2.75) is 26.2 Å². The van der Waals surface area contributed by atoms with E-state index in [1.54, 1.807) is 6.07 Å². The fraction of sp³-hybridized carbons (Fsp3) is 0.105. The summed E-state index contributed by atoms with van der Waals surface area (Å²) < 4.78 is 10.9. The zero-order valence-corrected chi connectivity index (χ0v) is 24.7. The van der Waals surface area contributed by atoms with Crippen molar-refractivity contribution < 1.29 is 9.84 Å². The number of phenols is 1. The van der Waals surface area contributed by atoms with Crippen LogP contribution in [0.3, 0.4) is 0 Å². The fourth-order valence-electron chi connectivity index (χ4n) is 6.18. The third kappa shape index (κ3) is 4.10. The Balaban J connectivity index is 1.31. The van der Waals surface area contributed by atoms with Gasteiger partial charge in [-0.15, -0.1) is 0 Å². The molecule has 8 aromatic rings. The van der Waals surface area contributed by atoms with Crippen LogP contribution in [0.1, 0.15) is 26.3 Å². The Morgan fingerprint density at radius 2 is 1.43 bits per heavy atom. The molecule has 0 unspecified atom stereocenters. The van der Waals surface area contributed by atoms with Crippen molar-refractivity contribution in [3.8, 4) is 28.8 Å². The lowest BCUT2D eigenvalue weighted by Crippen LogP contribution is -2.12. The average Bonchev–Trinajstić information content (AvgIpc) is 3.54. The molecule has 4 aromatic carbocycles. The van der Waals surface area contributed by atoms with Crippen LogP contribution in [0, 0.1) is 0 Å². The van der Waals surface area contributed by atoms with Crippen molar-refractivity contribution in [2.75, 3.05) is 0 Å². The van der Waals surface area contributed by atoms with Crippen LogP contribution in [0.2, 0.25) is 0 Å². The summed E-state index contributed by atoms with van der Waals surface area (Å²) in [7, 11) is 0. The van der Waals surface area contributed by atoms with Crippen LogP contribution >= 0.6 is 0 Å². The minimum atomic E-state index is -0.132. The van der Waals surface area contributed by atoms with E-state index in [-0.39, 0.29) is 11.2 Å². The third-order valence-corrected chi connectivity index (χ3v) is 8.27. The van der Waals surface area contributed by atoms with E-state index in [2.05, 4.69) is 84.5 Å². The first kappa shape index (κ1) is 26.0. The van der Waals surface area contributed by atoms with Crippen molar-refractivity contribution in [1.29, 1.82) is 0 Å². The molecule has 44 heavy (non-hydrogen) atoms. The van der Waals surface area contributed by atoms with Gasteiger partial charge in [-0.1, -0.05) is 63.2 Å². The molecule has 6 nitrogen and oxygen atoms in total. The van der Waals surface area contributed by atoms with E-state index in [9.17, 15) is 5.11 Å². The second-order valence-corrected chi connectivity index (χ2v) is 12.2. The van der Waals surface area contributed by atoms with Crippen molar-refractivity contribution in [1.82, 2.24) is 19.1 Å². The zero-order chi connectivity index (χ0) is 30.0. The molecule has 6 heteroatoms. The lowest BCUT2D eigenvalue weighted by molar-refractivity contribution is 0.461. The minimum absolute atomic E-state index is 0.132. The number of para-hydroxylation sites is 2. The van der Waals surface area contributed by atoms with Gasteiger partial charge < -0.3 is 14.4 Å². The Morgan fingerprint density at radius 1 is 0.659 bits per heavy atom. The van der Waals surface area contributed by atoms with Crippen LogP contribution in [-0.4, -0.2) is 24.2 Å². The van der Waals surface area contributed by atoms with Crippen LogP contribution in [0.4, 0.5) is 0 Å². The number of aromatic hydroxyl groups is 1. The maximum Gasteiger partial charge on any atom is 0.219 e. The largest absolute Gasteiger partial charge is 0.507 e. The summed E-state index contributed by atoms with van der Waals surface area (Å²) in [5, 5.41) is 13.9. The SMILES string of the molecule is CC(C)(C)c1cc(Oc2ccc3c(n2)c2c(O)cccc2n3-c2ccccc2)cc(-n2c3ccccc3c3cccnc32)c1. The summed E-state index contributed by atoms with van der Waals surface area (Å²) in [6.07, 6.45) is 1.84. The first-order valence-electron chi connectivity index (χ1n) is 14.7. The van der Waals surface area contributed by atoms with E-state index in [1.165, 1.54) is 0 Å². The highest BCUT2D eigenvalue weighted by atomic mass is 16.5. The standard InChI is InChI=1S/C38H30N4O2/c1-38(2,3)24-21-26(42-30-15-8-7-13-28(30)29-14-10-20-39-37(29)42)23-27(22-24)44-34-19-18-32-36(40-34)35-31(16-9-17-33(35)43)41(32)25-11-5-4-6-12-25/h4-23,43H,1-3H3. The minimum Gasteiger partial charge on any atom is -0.507 e. The van der Waals surface area contributed by atoms with E-state index in [1.807, 2.05) is 60.8 Å². The molecule has 0 saturated carbocycles. The zero-order valence-electron chi connectivity index (χ0n) is 24.7. The molecule has 0 saturated heterocycles. The van der Waals surface area contributed by atoms with Crippen LogP contribution in [0.5, 0.6) is 17.4 Å². The molecule has 1 N–H and O–H groups in total. The van der Waals surface area contributed by atoms with Gasteiger partial charge in [-0.3, -0.25) is 4.57 Å². The molecular formula is C38H30N4O2. The Bertz CT molecular complexity index is 2310. The van der Waals surface area contributed by atoms with Crippen molar-refractivity contribution in [2.24, 2.45) is 0 Å². The number of benzene rings is 4. The molecule has 0 aliphatic carbocycles. The monoisotopic (exact) mass is 574 g/mol. The highest BCUT2D eigenvalue weighted by Gasteiger charge is 2.21. The number of hydrogen-bond acceptors (Lipinski definition) is 4. The predicted molar refractivity (Wildman–Crippen MR) is 178 cm³/mol. The lowest BCUT2D eigenvalue weighted by atomic mass is 9.86. The Labute approximate surface area is 254 Å². The molecular weight excluding hydrogens is 544 g/mol. The molecule has 0 aliphatic heterocycles. The molecule has 0 bridgehead atoms. The first-order valence-corrected chi connectivity index (χ1v) is 14.7. The molecule has 4 aromatic heterocycles. The summed E-state index contributed by atoms with van der Waals surface area (Å²) >= 11 is 0. The second kappa shape index (κ2) is 9.71. The summed E-state index contributed by atoms with van der Waals surface area (Å²) in [4.78, 5) is 9.75. The smallest absolute Gasteiger partial charge is 0.219 e. The van der Waals surface area contributed by atoms with Gasteiger partial charge in [-0.25, -0.2) is 9.97 Å². The van der Waals surface area contributed by atoms with Gasteiger partial charge in [0.25, 0.3) is 0 Å². The third-order valence-electron chi connectivity index (χ3n) is 8.27. The number of ether oxygens (including phenoxy) is 1. The highest BCUT2D eigenvalue weighted by Crippen LogP contribution is 2.39. The molecule has 0 spiro atoms. The van der Waals surface area contributed by atoms with Crippen LogP contribution in [0.15, 0.2) is 121 Å². The summed E-state index contributed by atoms with van der Waals surface area (Å²) in [5.41, 5.74) is 7.40. The van der Waals surface area contributed by atoms with E-state index >= 15 is 0 Å². The molecule has 0 amide bonds. The molecule has 0 radical (unpaired) electrons. The molecule has 0 fully saturated rings. The van der Waals surface area contributed by atoms with Gasteiger partial charge in [0.1, 0.15) is 22.7 Å². The lowest BCUT2D eigenvalue weighted by Gasteiger charge is -2.22. The summed E-state index contributed by atoms with van der Waals surface area (Å²) in [6.45, 7) is 6.60. The van der Waals surface area contributed by atoms with Gasteiger partial charge in [-0.2, -0.15) is 0 Å². The molecule has 8 rings (SSSR count). The van der Waals surface area contributed by atoms with Crippen molar-refractivity contribution >= 4 is 43.9 Å². The number of aromatic nitrogens is 4. The molecule has 4 heterocycles. The quantitative estimate of drug-likeness (QED) is 0.227. The van der Waals surface area contributed by atoms with Gasteiger partial charge >= 0.3 is 0 Å². The van der Waals surface area contributed by atoms with Crippen LogP contribution in [0.25, 0.3) is 55.2 Å². The van der Waals surface area contributed by atoms with E-state index in [4.69, 9.17) is 14.7 Å². The number of rotatable bonds is 4. The van der Waals surface area contributed by atoms with Crippen LogP contribution < -0.4 is 4.74 Å². The highest BCUT2D eigenvalue weighted by molar-refractivity contribution is 6.10. The Hall–Kier alpha value is -5.62. The average molecular weight is 575 g/mol. The van der Waals surface area contributed by atoms with Gasteiger partial charge in [0.2, 0.25) is 5.88 Å². The normalized spacial score (nSPS) is 12.1. The molecule has 214 valence electrons. The van der Waals surface area contributed by atoms with Gasteiger partial charge in [0.05, 0.1) is 27.6 Å². The Kier molecular flexibility index (Phi) is 5.75. The number of phenolic OH excluding ortho intramolecular Hbond substituents is 1. The maximum atomic E-state index is 10.9. The first-order chi connectivity index (χ1) is 21.4. The van der Waals surface area contributed by atoms with Gasteiger partial charge in [-0.05, 0) is 71.6 Å². The van der Waals surface area contributed by atoms with Gasteiger partial charge in [0.15, 0.2) is 0 Å². The summed E-state index contributed by atoms with van der Waals surface area (Å²) in [6, 6.07) is 38.4. The topological polar surface area (TPSA) is 65.1 Å². The van der Waals surface area contributed by atoms with Crippen molar-refractivity contribution in [3.05, 3.63) is 127 Å². The number of pyridine rings is 2.